The van der Waals surface area contributed by atoms with Gasteiger partial charge in [-0.05, 0) is 91.9 Å². The molecule has 7 rings (SSSR count). The monoisotopic (exact) mass is 438 g/mol. The molecule has 2 heterocycles. The second-order valence-corrected chi connectivity index (χ2v) is 11.6. The molecule has 4 aliphatic carbocycles. The Bertz CT molecular complexity index is 1400. The third-order valence-corrected chi connectivity index (χ3v) is 10.4. The van der Waals surface area contributed by atoms with Crippen molar-refractivity contribution in [1.82, 2.24) is 14.4 Å². The van der Waals surface area contributed by atoms with Crippen molar-refractivity contribution in [1.29, 1.82) is 5.26 Å². The molecule has 33 heavy (non-hydrogen) atoms. The van der Waals surface area contributed by atoms with Gasteiger partial charge in [0.1, 0.15) is 0 Å². The van der Waals surface area contributed by atoms with Gasteiger partial charge in [-0.1, -0.05) is 31.6 Å². The van der Waals surface area contributed by atoms with E-state index in [0.29, 0.717) is 24.2 Å². The van der Waals surface area contributed by atoms with Crippen molar-refractivity contribution in [3.05, 3.63) is 47.3 Å². The summed E-state index contributed by atoms with van der Waals surface area (Å²) in [6, 6.07) is 10.6. The van der Waals surface area contributed by atoms with Crippen LogP contribution in [0.1, 0.15) is 63.6 Å². The lowest BCUT2D eigenvalue weighted by Gasteiger charge is -2.58. The summed E-state index contributed by atoms with van der Waals surface area (Å²) in [4.78, 5) is 9.73. The summed E-state index contributed by atoms with van der Waals surface area (Å²) in [6.07, 6.45) is 11.6. The Kier molecular flexibility index (Phi) is 3.73. The molecule has 0 unspecified atom stereocenters. The third kappa shape index (κ3) is 2.35. The molecule has 3 aromatic rings. The van der Waals surface area contributed by atoms with E-state index in [2.05, 4.69) is 54.8 Å². The van der Waals surface area contributed by atoms with Crippen LogP contribution in [0.3, 0.4) is 0 Å². The molecule has 0 spiro atoms. The number of fused-ring (bicyclic) bond motifs is 9. The number of nitriles is 1. The lowest BCUT2D eigenvalue weighted by molar-refractivity contribution is -0.0983. The molecule has 3 fully saturated rings. The quantitative estimate of drug-likeness (QED) is 0.482. The Morgan fingerprint density at radius 1 is 1.09 bits per heavy atom. The Morgan fingerprint density at radius 3 is 2.76 bits per heavy atom. The van der Waals surface area contributed by atoms with E-state index in [9.17, 15) is 10.4 Å². The van der Waals surface area contributed by atoms with Gasteiger partial charge in [-0.2, -0.15) is 5.26 Å². The minimum Gasteiger partial charge on any atom is -0.375 e. The Balaban J connectivity index is 1.31. The minimum absolute atomic E-state index is 0.121. The van der Waals surface area contributed by atoms with E-state index < -0.39 is 5.60 Å². The average Bonchev–Trinajstić information content (AvgIpc) is 3.30. The zero-order valence-corrected chi connectivity index (χ0v) is 19.4. The number of rotatable bonds is 0. The molecule has 0 aliphatic heterocycles. The molecule has 0 bridgehead atoms. The van der Waals surface area contributed by atoms with Gasteiger partial charge in [-0.15, -0.1) is 0 Å². The third-order valence-electron chi connectivity index (χ3n) is 10.4. The standard InChI is InChI=1S/C28H30N4O/c1-26-14-17-15-32-24-6-4-3-5-22(24)30-25(32)31-23(17)13-18(26)7-8-19-20(26)9-11-27(2)21(19)10-12-28(27,33)16-29/h3-6,13,15,19-21,33H,7-12,14H2,1-2H3/t19-,20-,21-,26-,27-,28+/m0/s1. The average molecular weight is 439 g/mol. The molecule has 6 atom stereocenters. The molecule has 3 saturated carbocycles. The van der Waals surface area contributed by atoms with Crippen LogP contribution in [0.15, 0.2) is 36.0 Å². The fourth-order valence-electron chi connectivity index (χ4n) is 8.47. The number of aromatic nitrogens is 3. The van der Waals surface area contributed by atoms with Crippen LogP contribution in [0, 0.1) is 39.9 Å². The molecular weight excluding hydrogens is 408 g/mol. The molecule has 1 N–H and O–H groups in total. The first-order valence-electron chi connectivity index (χ1n) is 12.5. The van der Waals surface area contributed by atoms with Gasteiger partial charge >= 0.3 is 0 Å². The van der Waals surface area contributed by atoms with Crippen molar-refractivity contribution in [2.24, 2.45) is 28.6 Å². The van der Waals surface area contributed by atoms with E-state index in [4.69, 9.17) is 9.97 Å². The van der Waals surface area contributed by atoms with Crippen molar-refractivity contribution >= 4 is 22.9 Å². The van der Waals surface area contributed by atoms with Crippen molar-refractivity contribution < 1.29 is 5.11 Å². The van der Waals surface area contributed by atoms with Crippen LogP contribution in [-0.4, -0.2) is 25.1 Å². The van der Waals surface area contributed by atoms with Crippen LogP contribution in [-0.2, 0) is 6.42 Å². The number of nitrogens with zero attached hydrogens (tertiary/aromatic N) is 4. The first-order valence-corrected chi connectivity index (χ1v) is 12.5. The maximum atomic E-state index is 11.1. The zero-order chi connectivity index (χ0) is 22.6. The molecule has 4 aliphatic rings. The van der Waals surface area contributed by atoms with Crippen molar-refractivity contribution in [3.63, 3.8) is 0 Å². The first-order chi connectivity index (χ1) is 15.9. The van der Waals surface area contributed by atoms with E-state index in [1.807, 2.05) is 6.07 Å². The first kappa shape index (κ1) is 19.7. The van der Waals surface area contributed by atoms with Gasteiger partial charge in [0.05, 0.1) is 22.8 Å². The normalized spacial score (nSPS) is 39.3. The fraction of sp³-hybridized carbons (Fsp3) is 0.536. The van der Waals surface area contributed by atoms with Gasteiger partial charge < -0.3 is 5.11 Å². The predicted molar refractivity (Wildman–Crippen MR) is 127 cm³/mol. The van der Waals surface area contributed by atoms with Gasteiger partial charge in [0.25, 0.3) is 0 Å². The number of imidazole rings is 1. The summed E-state index contributed by atoms with van der Waals surface area (Å²) < 4.78 is 2.15. The smallest absolute Gasteiger partial charge is 0.235 e. The summed E-state index contributed by atoms with van der Waals surface area (Å²) >= 11 is 0. The zero-order valence-electron chi connectivity index (χ0n) is 19.4. The molecule has 0 radical (unpaired) electrons. The molecule has 5 heteroatoms. The highest BCUT2D eigenvalue weighted by Crippen LogP contribution is 2.67. The van der Waals surface area contributed by atoms with Gasteiger partial charge in [0.15, 0.2) is 5.60 Å². The van der Waals surface area contributed by atoms with Crippen molar-refractivity contribution in [2.45, 2.75) is 64.4 Å². The maximum absolute atomic E-state index is 11.1. The van der Waals surface area contributed by atoms with Crippen molar-refractivity contribution in [2.75, 3.05) is 0 Å². The molecule has 5 nitrogen and oxygen atoms in total. The maximum Gasteiger partial charge on any atom is 0.235 e. The number of hydrogen-bond acceptors (Lipinski definition) is 4. The van der Waals surface area contributed by atoms with Gasteiger partial charge in [0, 0.05) is 11.6 Å². The number of allylic oxidation sites excluding steroid dienone is 1. The van der Waals surface area contributed by atoms with E-state index in [-0.39, 0.29) is 10.8 Å². The second kappa shape index (κ2) is 6.24. The Labute approximate surface area is 194 Å². The van der Waals surface area contributed by atoms with Gasteiger partial charge in [-0.3, -0.25) is 4.40 Å². The van der Waals surface area contributed by atoms with E-state index in [1.54, 1.807) is 5.57 Å². The second-order valence-electron chi connectivity index (χ2n) is 11.6. The SMILES string of the molecule is C[C@]12Cc3cn4c(nc3C=C1CC[C@H]1[C@@H]2CC[C@@]2(C)[C@H]1CC[C@@]2(O)C#N)nc1ccccc14. The summed E-state index contributed by atoms with van der Waals surface area (Å²) in [5.74, 6) is 2.40. The molecule has 168 valence electrons. The Hall–Kier alpha value is -2.71. The lowest BCUT2D eigenvalue weighted by atomic mass is 9.46. The lowest BCUT2D eigenvalue weighted by Crippen LogP contribution is -2.54. The van der Waals surface area contributed by atoms with Crippen molar-refractivity contribution in [3.8, 4) is 6.07 Å². The molecule has 1 aromatic carbocycles. The van der Waals surface area contributed by atoms with Crippen LogP contribution in [0.25, 0.3) is 22.9 Å². The highest BCUT2D eigenvalue weighted by molar-refractivity contribution is 5.80. The van der Waals surface area contributed by atoms with E-state index >= 15 is 0 Å². The van der Waals surface area contributed by atoms with Crippen LogP contribution in [0.2, 0.25) is 0 Å². The number of benzene rings is 1. The number of para-hydroxylation sites is 2. The topological polar surface area (TPSA) is 74.2 Å². The summed E-state index contributed by atoms with van der Waals surface area (Å²) in [7, 11) is 0. The number of aliphatic hydroxyl groups is 1. The fourth-order valence-corrected chi connectivity index (χ4v) is 8.47. The summed E-state index contributed by atoms with van der Waals surface area (Å²) in [5.41, 5.74) is 4.74. The molecular formula is C28H30N4O. The highest BCUT2D eigenvalue weighted by atomic mass is 16.3. The van der Waals surface area contributed by atoms with E-state index in [0.717, 1.165) is 54.6 Å². The largest absolute Gasteiger partial charge is 0.375 e. The highest BCUT2D eigenvalue weighted by Gasteiger charge is 2.64. The Morgan fingerprint density at radius 2 is 1.91 bits per heavy atom. The van der Waals surface area contributed by atoms with Crippen LogP contribution < -0.4 is 0 Å². The van der Waals surface area contributed by atoms with Crippen LogP contribution in [0.5, 0.6) is 0 Å². The van der Waals surface area contributed by atoms with Crippen LogP contribution in [0.4, 0.5) is 0 Å². The van der Waals surface area contributed by atoms with Gasteiger partial charge in [0.2, 0.25) is 5.78 Å². The predicted octanol–water partition coefficient (Wildman–Crippen LogP) is 5.32. The molecule has 0 saturated heterocycles. The molecule has 0 amide bonds. The van der Waals surface area contributed by atoms with E-state index in [1.165, 1.54) is 12.0 Å². The summed E-state index contributed by atoms with van der Waals surface area (Å²) in [5, 5.41) is 20.9. The summed E-state index contributed by atoms with van der Waals surface area (Å²) in [6.45, 7) is 4.67. The number of hydrogen-bond donors (Lipinski definition) is 1. The minimum atomic E-state index is -1.16. The van der Waals surface area contributed by atoms with Gasteiger partial charge in [-0.25, -0.2) is 9.97 Å². The molecule has 2 aromatic heterocycles. The van der Waals surface area contributed by atoms with Crippen LogP contribution >= 0.6 is 0 Å².